The molecule has 0 aliphatic heterocycles. The van der Waals surface area contributed by atoms with Gasteiger partial charge >= 0.3 is 0 Å². The summed E-state index contributed by atoms with van der Waals surface area (Å²) in [7, 11) is -2.24. The molecule has 3 rings (SSSR count). The zero-order valence-corrected chi connectivity index (χ0v) is 20.5. The Labute approximate surface area is 207 Å². The lowest BCUT2D eigenvalue weighted by Crippen LogP contribution is -2.29. The lowest BCUT2D eigenvalue weighted by Gasteiger charge is -2.24. The van der Waals surface area contributed by atoms with E-state index < -0.39 is 15.9 Å². The van der Waals surface area contributed by atoms with Crippen LogP contribution in [0.2, 0.25) is 10.0 Å². The van der Waals surface area contributed by atoms with Crippen LogP contribution in [-0.2, 0) is 16.6 Å². The van der Waals surface area contributed by atoms with E-state index in [9.17, 15) is 18.3 Å². The van der Waals surface area contributed by atoms with Gasteiger partial charge in [-0.3, -0.25) is 9.10 Å². The number of aromatic hydroxyl groups is 1. The van der Waals surface area contributed by atoms with Crippen molar-refractivity contribution in [3.63, 3.8) is 0 Å². The molecule has 11 heteroatoms. The maximum atomic E-state index is 12.4. The molecule has 0 aromatic heterocycles. The molecule has 0 saturated carbocycles. The number of nitrogens with zero attached hydrogens (tertiary/aromatic N) is 2. The number of ether oxygens (including phenoxy) is 1. The number of carbonyl (C=O) groups excluding carboxylic acids is 1. The molecule has 0 saturated heterocycles. The summed E-state index contributed by atoms with van der Waals surface area (Å²) in [6.07, 6.45) is 2.37. The zero-order valence-electron chi connectivity index (χ0n) is 18.2. The minimum atomic E-state index is -3.67. The number of amides is 1. The van der Waals surface area contributed by atoms with E-state index in [2.05, 4.69) is 10.5 Å². The van der Waals surface area contributed by atoms with E-state index in [1.54, 1.807) is 60.7 Å². The molecule has 0 radical (unpaired) electrons. The van der Waals surface area contributed by atoms with Gasteiger partial charge in [-0.25, -0.2) is 13.8 Å². The van der Waals surface area contributed by atoms with Crippen LogP contribution in [0, 0.1) is 0 Å². The quantitative estimate of drug-likeness (QED) is 0.336. The normalized spacial score (nSPS) is 11.4. The first-order chi connectivity index (χ1) is 16.1. The van der Waals surface area contributed by atoms with Crippen molar-refractivity contribution < 1.29 is 23.1 Å². The number of sulfonamides is 1. The van der Waals surface area contributed by atoms with Gasteiger partial charge in [-0.05, 0) is 42.0 Å². The molecule has 8 nitrogen and oxygen atoms in total. The fourth-order valence-electron chi connectivity index (χ4n) is 3.03. The number of rotatable bonds is 8. The van der Waals surface area contributed by atoms with Crippen LogP contribution in [0.4, 0.5) is 5.69 Å². The Morgan fingerprint density at radius 2 is 1.79 bits per heavy atom. The molecule has 178 valence electrons. The molecule has 3 aromatic carbocycles. The SMILES string of the molecule is COc1cccc(/C=N/NC(=O)c2ccc(CN(c3cccc(Cl)c3Cl)S(C)(=O)=O)cc2)c1O. The van der Waals surface area contributed by atoms with Crippen LogP contribution in [0.3, 0.4) is 0 Å². The third kappa shape index (κ3) is 5.99. The Morgan fingerprint density at radius 3 is 2.44 bits per heavy atom. The fourth-order valence-corrected chi connectivity index (χ4v) is 4.37. The summed E-state index contributed by atoms with van der Waals surface area (Å²) in [5.74, 6) is -0.293. The van der Waals surface area contributed by atoms with Gasteiger partial charge in [-0.15, -0.1) is 0 Å². The Balaban J connectivity index is 1.72. The van der Waals surface area contributed by atoms with E-state index >= 15 is 0 Å². The van der Waals surface area contributed by atoms with Crippen molar-refractivity contribution in [2.24, 2.45) is 5.10 Å². The standard InChI is InChI=1S/C23H21Cl2N3O5S/c1-33-20-8-3-5-17(22(20)29)13-26-27-23(30)16-11-9-15(10-12-16)14-28(34(2,31)32)19-7-4-6-18(24)21(19)25/h3-13,29H,14H2,1-2H3,(H,27,30)/b26-13+. The van der Waals surface area contributed by atoms with E-state index in [0.29, 0.717) is 16.7 Å². The lowest BCUT2D eigenvalue weighted by molar-refractivity contribution is 0.0955. The average Bonchev–Trinajstić information content (AvgIpc) is 2.80. The van der Waals surface area contributed by atoms with Crippen LogP contribution in [-0.4, -0.2) is 39.0 Å². The van der Waals surface area contributed by atoms with Crippen molar-refractivity contribution in [3.05, 3.63) is 87.4 Å². The second kappa shape index (κ2) is 10.8. The van der Waals surface area contributed by atoms with Crippen molar-refractivity contribution in [2.45, 2.75) is 6.54 Å². The second-order valence-electron chi connectivity index (χ2n) is 7.14. The summed E-state index contributed by atoms with van der Waals surface area (Å²) in [5.41, 5.74) is 3.94. The first-order valence-corrected chi connectivity index (χ1v) is 12.4. The molecule has 0 aliphatic carbocycles. The molecule has 2 N–H and O–H groups in total. The first-order valence-electron chi connectivity index (χ1n) is 9.82. The molecule has 0 heterocycles. The highest BCUT2D eigenvalue weighted by atomic mass is 35.5. The smallest absolute Gasteiger partial charge is 0.271 e. The van der Waals surface area contributed by atoms with Crippen molar-refractivity contribution >= 4 is 51.0 Å². The fraction of sp³-hybridized carbons (Fsp3) is 0.130. The largest absolute Gasteiger partial charge is 0.504 e. The van der Waals surface area contributed by atoms with Crippen LogP contribution >= 0.6 is 23.2 Å². The Kier molecular flexibility index (Phi) is 8.03. The van der Waals surface area contributed by atoms with E-state index in [-0.39, 0.29) is 33.8 Å². The van der Waals surface area contributed by atoms with Crippen LogP contribution in [0.5, 0.6) is 11.5 Å². The number of halogens is 2. The molecular formula is C23H21Cl2N3O5S. The second-order valence-corrected chi connectivity index (χ2v) is 9.83. The number of hydrazone groups is 1. The topological polar surface area (TPSA) is 108 Å². The zero-order chi connectivity index (χ0) is 24.9. The molecule has 0 aliphatic rings. The third-order valence-electron chi connectivity index (χ3n) is 4.76. The Hall–Kier alpha value is -3.27. The number of carbonyl (C=O) groups is 1. The molecule has 0 fully saturated rings. The highest BCUT2D eigenvalue weighted by Crippen LogP contribution is 2.34. The van der Waals surface area contributed by atoms with Crippen LogP contribution in [0.25, 0.3) is 0 Å². The predicted octanol–water partition coefficient (Wildman–Crippen LogP) is 4.44. The summed E-state index contributed by atoms with van der Waals surface area (Å²) < 4.78 is 31.0. The van der Waals surface area contributed by atoms with Gasteiger partial charge < -0.3 is 9.84 Å². The van der Waals surface area contributed by atoms with Crippen LogP contribution in [0.1, 0.15) is 21.5 Å². The maximum absolute atomic E-state index is 12.4. The molecule has 0 spiro atoms. The highest BCUT2D eigenvalue weighted by Gasteiger charge is 2.21. The minimum absolute atomic E-state index is 0.00589. The van der Waals surface area contributed by atoms with Gasteiger partial charge in [-0.1, -0.05) is 47.5 Å². The van der Waals surface area contributed by atoms with Gasteiger partial charge in [0.05, 0.1) is 41.9 Å². The van der Waals surface area contributed by atoms with E-state index in [4.69, 9.17) is 27.9 Å². The first kappa shape index (κ1) is 25.4. The van der Waals surface area contributed by atoms with Gasteiger partial charge in [0.2, 0.25) is 10.0 Å². The van der Waals surface area contributed by atoms with Crippen molar-refractivity contribution in [2.75, 3.05) is 17.7 Å². The summed E-state index contributed by atoms with van der Waals surface area (Å²) >= 11 is 12.3. The molecule has 0 bridgehead atoms. The molecule has 0 unspecified atom stereocenters. The number of hydrogen-bond acceptors (Lipinski definition) is 6. The van der Waals surface area contributed by atoms with Gasteiger partial charge in [0.15, 0.2) is 11.5 Å². The maximum Gasteiger partial charge on any atom is 0.271 e. The molecular weight excluding hydrogens is 501 g/mol. The number of nitrogens with one attached hydrogen (secondary N) is 1. The molecule has 0 atom stereocenters. The monoisotopic (exact) mass is 521 g/mol. The Bertz CT molecular complexity index is 1330. The van der Waals surface area contributed by atoms with E-state index in [0.717, 1.165) is 10.6 Å². The summed E-state index contributed by atoms with van der Waals surface area (Å²) in [6, 6.07) is 16.0. The minimum Gasteiger partial charge on any atom is -0.504 e. The van der Waals surface area contributed by atoms with Crippen molar-refractivity contribution in [1.82, 2.24) is 5.43 Å². The lowest BCUT2D eigenvalue weighted by atomic mass is 10.1. The number of hydrogen-bond donors (Lipinski definition) is 2. The van der Waals surface area contributed by atoms with Gasteiger partial charge in [0.1, 0.15) is 0 Å². The highest BCUT2D eigenvalue weighted by molar-refractivity contribution is 7.92. The Morgan fingerprint density at radius 1 is 1.12 bits per heavy atom. The number of benzene rings is 3. The summed E-state index contributed by atoms with van der Waals surface area (Å²) in [6.45, 7) is -0.00589. The predicted molar refractivity (Wildman–Crippen MR) is 134 cm³/mol. The number of anilines is 1. The average molecular weight is 522 g/mol. The third-order valence-corrected chi connectivity index (χ3v) is 6.70. The van der Waals surface area contributed by atoms with Gasteiger partial charge in [0.25, 0.3) is 5.91 Å². The van der Waals surface area contributed by atoms with Gasteiger partial charge in [0, 0.05) is 11.1 Å². The molecule has 1 amide bonds. The summed E-state index contributed by atoms with van der Waals surface area (Å²) in [4.78, 5) is 12.4. The van der Waals surface area contributed by atoms with Crippen molar-refractivity contribution in [1.29, 1.82) is 0 Å². The number of phenols is 1. The van der Waals surface area contributed by atoms with E-state index in [1.165, 1.54) is 13.3 Å². The number of methoxy groups -OCH3 is 1. The van der Waals surface area contributed by atoms with Crippen LogP contribution < -0.4 is 14.5 Å². The number of phenolic OH excluding ortho intramolecular Hbond substituents is 1. The van der Waals surface area contributed by atoms with E-state index in [1.807, 2.05) is 0 Å². The molecule has 3 aromatic rings. The number of para-hydroxylation sites is 1. The van der Waals surface area contributed by atoms with Gasteiger partial charge in [-0.2, -0.15) is 5.10 Å². The van der Waals surface area contributed by atoms with Crippen LogP contribution in [0.15, 0.2) is 65.8 Å². The summed E-state index contributed by atoms with van der Waals surface area (Å²) in [5, 5.41) is 14.3. The van der Waals surface area contributed by atoms with Crippen molar-refractivity contribution in [3.8, 4) is 11.5 Å². The molecule has 34 heavy (non-hydrogen) atoms.